The van der Waals surface area contributed by atoms with Crippen molar-refractivity contribution in [1.29, 1.82) is 0 Å². The lowest BCUT2D eigenvalue weighted by Crippen LogP contribution is -2.58. The van der Waals surface area contributed by atoms with E-state index in [1.54, 1.807) is 54.5 Å². The number of carbonyl (C=O) groups excluding carboxylic acids is 3. The van der Waals surface area contributed by atoms with Crippen molar-refractivity contribution in [2.75, 3.05) is 26.8 Å². The summed E-state index contributed by atoms with van der Waals surface area (Å²) in [4.78, 5) is 41.6. The number of benzene rings is 3. The predicted molar refractivity (Wildman–Crippen MR) is 173 cm³/mol. The molecule has 1 aromatic heterocycles. The van der Waals surface area contributed by atoms with E-state index in [0.29, 0.717) is 53.3 Å². The van der Waals surface area contributed by atoms with Crippen molar-refractivity contribution in [2.45, 2.75) is 51.8 Å². The van der Waals surface area contributed by atoms with E-state index < -0.39 is 18.0 Å². The minimum atomic E-state index is -0.620. The molecule has 2 aliphatic rings. The number of halogens is 1. The minimum Gasteiger partial charge on any atom is -0.496 e. The maximum atomic E-state index is 14.7. The molecule has 6 rings (SSSR count). The van der Waals surface area contributed by atoms with E-state index in [2.05, 4.69) is 15.8 Å². The van der Waals surface area contributed by atoms with Crippen LogP contribution in [-0.2, 0) is 22.6 Å². The molecule has 4 aromatic rings. The van der Waals surface area contributed by atoms with E-state index in [9.17, 15) is 18.8 Å². The van der Waals surface area contributed by atoms with Gasteiger partial charge in [-0.2, -0.15) is 0 Å². The molecule has 0 spiro atoms. The van der Waals surface area contributed by atoms with Crippen LogP contribution in [0, 0.1) is 19.7 Å². The quantitative estimate of drug-likeness (QED) is 0.328. The van der Waals surface area contributed by atoms with Crippen molar-refractivity contribution in [3.8, 4) is 28.4 Å². The standard InChI is InChI=1S/C36H37FN4O7/c1-21-29(22(2)48-40-21)8-10-35(43)41-12-11-33-31(19-41)39-36(44)25-7-9-32(45-3)30(16-25)24-5-4-6-27(15-24)46-20-34(42)38-18-23-13-26(37)17-28(14-23)47-33/h4-7,9,13-17,31,33H,8,10-12,18-20H2,1-3H3,(H,38,42)(H,39,44)/t31-,33-/m1/s1. The molecule has 3 amide bonds. The number of piperidine rings is 1. The Morgan fingerprint density at radius 1 is 1.06 bits per heavy atom. The molecule has 12 heteroatoms. The predicted octanol–water partition coefficient (Wildman–Crippen LogP) is 4.53. The van der Waals surface area contributed by atoms with Crippen molar-refractivity contribution in [2.24, 2.45) is 0 Å². The molecule has 0 radical (unpaired) electrons. The van der Waals surface area contributed by atoms with Gasteiger partial charge in [-0.15, -0.1) is 0 Å². The number of carbonyl (C=O) groups is 3. The number of methoxy groups -OCH3 is 1. The Kier molecular flexibility index (Phi) is 9.60. The molecular formula is C36H37FN4O7. The molecule has 2 atom stereocenters. The monoisotopic (exact) mass is 656 g/mol. The summed E-state index contributed by atoms with van der Waals surface area (Å²) >= 11 is 0. The number of aromatic nitrogens is 1. The average molecular weight is 657 g/mol. The zero-order valence-electron chi connectivity index (χ0n) is 27.0. The van der Waals surface area contributed by atoms with Gasteiger partial charge in [0.15, 0.2) is 6.61 Å². The van der Waals surface area contributed by atoms with Gasteiger partial charge >= 0.3 is 0 Å². The second-order valence-electron chi connectivity index (χ2n) is 12.0. The number of hydrogen-bond acceptors (Lipinski definition) is 8. The summed E-state index contributed by atoms with van der Waals surface area (Å²) in [5, 5.41) is 9.82. The van der Waals surface area contributed by atoms with Gasteiger partial charge in [0.1, 0.15) is 34.9 Å². The van der Waals surface area contributed by atoms with Gasteiger partial charge in [0.25, 0.3) is 11.8 Å². The highest BCUT2D eigenvalue weighted by atomic mass is 19.1. The maximum Gasteiger partial charge on any atom is 0.258 e. The van der Waals surface area contributed by atoms with Crippen LogP contribution in [0.15, 0.2) is 65.2 Å². The SMILES string of the molecule is COc1ccc2cc1-c1cccc(c1)OCC(=O)NCc1cc(F)cc(c1)O[C@@H]1CCN(C(=O)CCc3c(C)noc3C)C[C@H]1NC2=O. The molecule has 3 heterocycles. The van der Waals surface area contributed by atoms with Crippen LogP contribution < -0.4 is 24.8 Å². The maximum absolute atomic E-state index is 14.7. The molecule has 0 saturated carbocycles. The van der Waals surface area contributed by atoms with Crippen molar-refractivity contribution in [3.05, 3.63) is 94.6 Å². The fourth-order valence-corrected chi connectivity index (χ4v) is 6.13. The third kappa shape index (κ3) is 7.43. The Labute approximate surface area is 277 Å². The van der Waals surface area contributed by atoms with Gasteiger partial charge in [0, 0.05) is 55.2 Å². The average Bonchev–Trinajstić information content (AvgIpc) is 3.41. The molecule has 3 aromatic carbocycles. The number of fused-ring (bicyclic) bond motifs is 8. The van der Waals surface area contributed by atoms with Gasteiger partial charge in [-0.1, -0.05) is 17.3 Å². The number of likely N-dealkylation sites (tertiary alicyclic amines) is 1. The van der Waals surface area contributed by atoms with E-state index in [0.717, 1.165) is 16.8 Å². The summed E-state index contributed by atoms with van der Waals surface area (Å²) in [7, 11) is 1.55. The fourth-order valence-electron chi connectivity index (χ4n) is 6.13. The first-order chi connectivity index (χ1) is 23.2. The zero-order valence-corrected chi connectivity index (χ0v) is 27.0. The normalized spacial score (nSPS) is 18.1. The smallest absolute Gasteiger partial charge is 0.258 e. The van der Waals surface area contributed by atoms with E-state index in [4.69, 9.17) is 18.7 Å². The molecule has 2 N–H and O–H groups in total. The molecule has 2 aliphatic heterocycles. The summed E-state index contributed by atoms with van der Waals surface area (Å²) in [6.07, 6.45) is 0.549. The lowest BCUT2D eigenvalue weighted by atomic mass is 9.98. The summed E-state index contributed by atoms with van der Waals surface area (Å²) in [5.74, 6) is 0.564. The second-order valence-corrected chi connectivity index (χ2v) is 12.0. The highest BCUT2D eigenvalue weighted by Crippen LogP contribution is 2.33. The number of hydrogen-bond donors (Lipinski definition) is 2. The number of nitrogens with one attached hydrogen (secondary N) is 2. The molecule has 48 heavy (non-hydrogen) atoms. The largest absolute Gasteiger partial charge is 0.496 e. The van der Waals surface area contributed by atoms with Crippen molar-refractivity contribution < 1.29 is 37.5 Å². The minimum absolute atomic E-state index is 0.0532. The number of nitrogens with zero attached hydrogens (tertiary/aromatic N) is 2. The molecule has 6 bridgehead atoms. The molecule has 250 valence electrons. The summed E-state index contributed by atoms with van der Waals surface area (Å²) in [5.41, 5.74) is 3.89. The fraction of sp³-hybridized carbons (Fsp3) is 0.333. The van der Waals surface area contributed by atoms with E-state index in [1.807, 2.05) is 19.9 Å². The van der Waals surface area contributed by atoms with Crippen molar-refractivity contribution in [3.63, 3.8) is 0 Å². The molecule has 11 nitrogen and oxygen atoms in total. The highest BCUT2D eigenvalue weighted by molar-refractivity contribution is 5.96. The summed E-state index contributed by atoms with van der Waals surface area (Å²) < 4.78 is 37.6. The Bertz CT molecular complexity index is 1820. The van der Waals surface area contributed by atoms with Crippen molar-refractivity contribution in [1.82, 2.24) is 20.7 Å². The molecule has 1 fully saturated rings. The van der Waals surface area contributed by atoms with E-state index >= 15 is 0 Å². The van der Waals surface area contributed by atoms with E-state index in [-0.39, 0.29) is 49.6 Å². The third-order valence-corrected chi connectivity index (χ3v) is 8.67. The van der Waals surface area contributed by atoms with Crippen LogP contribution in [0.4, 0.5) is 4.39 Å². The summed E-state index contributed by atoms with van der Waals surface area (Å²) in [6, 6.07) is 15.8. The Balaban J connectivity index is 1.31. The first kappa shape index (κ1) is 32.5. The Hall–Kier alpha value is -5.39. The van der Waals surface area contributed by atoms with Crippen LogP contribution in [0.3, 0.4) is 0 Å². The summed E-state index contributed by atoms with van der Waals surface area (Å²) in [6.45, 7) is 4.05. The molecule has 0 unspecified atom stereocenters. The lowest BCUT2D eigenvalue weighted by molar-refractivity contribution is -0.133. The highest BCUT2D eigenvalue weighted by Gasteiger charge is 2.34. The van der Waals surface area contributed by atoms with Crippen LogP contribution in [0.2, 0.25) is 0 Å². The number of rotatable bonds is 4. The van der Waals surface area contributed by atoms with Gasteiger partial charge in [-0.25, -0.2) is 4.39 Å². The van der Waals surface area contributed by atoms with Gasteiger partial charge < -0.3 is 34.3 Å². The van der Waals surface area contributed by atoms with Gasteiger partial charge in [-0.3, -0.25) is 14.4 Å². The van der Waals surface area contributed by atoms with Gasteiger partial charge in [0.05, 0.1) is 18.8 Å². The van der Waals surface area contributed by atoms with Crippen LogP contribution in [-0.4, -0.2) is 66.7 Å². The first-order valence-corrected chi connectivity index (χ1v) is 15.8. The second kappa shape index (κ2) is 14.2. The van der Waals surface area contributed by atoms with E-state index in [1.165, 1.54) is 12.1 Å². The van der Waals surface area contributed by atoms with Crippen LogP contribution in [0.25, 0.3) is 11.1 Å². The number of amides is 3. The number of ether oxygens (including phenoxy) is 3. The van der Waals surface area contributed by atoms with Gasteiger partial charge in [-0.05, 0) is 73.9 Å². The third-order valence-electron chi connectivity index (χ3n) is 8.67. The van der Waals surface area contributed by atoms with Crippen LogP contribution in [0.1, 0.15) is 45.8 Å². The van der Waals surface area contributed by atoms with Crippen molar-refractivity contribution >= 4 is 17.7 Å². The first-order valence-electron chi connectivity index (χ1n) is 15.8. The Morgan fingerprint density at radius 3 is 2.71 bits per heavy atom. The molecular weight excluding hydrogens is 619 g/mol. The zero-order chi connectivity index (χ0) is 33.8. The topological polar surface area (TPSA) is 132 Å². The Morgan fingerprint density at radius 2 is 1.92 bits per heavy atom. The van der Waals surface area contributed by atoms with Gasteiger partial charge in [0.2, 0.25) is 5.91 Å². The number of aryl methyl sites for hydroxylation is 2. The van der Waals surface area contributed by atoms with Crippen LogP contribution in [0.5, 0.6) is 17.2 Å². The van der Waals surface area contributed by atoms with Crippen LogP contribution >= 0.6 is 0 Å². The lowest BCUT2D eigenvalue weighted by Gasteiger charge is -2.39. The molecule has 0 aliphatic carbocycles. The molecule has 1 saturated heterocycles.